The van der Waals surface area contributed by atoms with Crippen LogP contribution in [-0.2, 0) is 38.1 Å². The smallest absolute Gasteiger partial charge is 0.303 e. The normalized spacial score (nSPS) is 17.5. The second-order valence-corrected chi connectivity index (χ2v) is 22.2. The van der Waals surface area contributed by atoms with Crippen molar-refractivity contribution >= 4 is 29.5 Å². The molecule has 5 unspecified atom stereocenters. The molecule has 0 bridgehead atoms. The van der Waals surface area contributed by atoms with Gasteiger partial charge in [0.25, 0.3) is 0 Å². The zero-order valence-electron chi connectivity index (χ0n) is 48.4. The zero-order valence-corrected chi connectivity index (χ0v) is 48.4. The third-order valence-electron chi connectivity index (χ3n) is 16.5. The van der Waals surface area contributed by atoms with Gasteiger partial charge < -0.3 is 18.9 Å². The molecular weight excluding hydrogens is 1040 g/mol. The Balaban J connectivity index is 1.18. The molecular formula is C76H68O8. The lowest BCUT2D eigenvalue weighted by Gasteiger charge is -2.35. The lowest BCUT2D eigenvalue weighted by Crippen LogP contribution is -2.35. The summed E-state index contributed by atoms with van der Waals surface area (Å²) in [5, 5.41) is 0. The van der Waals surface area contributed by atoms with Crippen molar-refractivity contribution in [1.82, 2.24) is 0 Å². The standard InChI is InChI=1S/C76H68O8/c1-47-73(59-31-27-57(28-32-59)69-45-63(81-49(3)77)37-41-71(69)83-51(5)79)76(62-36-40-66(54-21-13-8-14-22-54)68(44-62)56-25-17-10-18-26-56)48(2)74(60-33-29-58(30-34-60)70-46-64(82-50(4)78)38-42-72(70)84-52(6)80)75(47)61-35-39-65(53-19-11-7-12-20-53)67(43-61)55-23-15-9-16-24-55/h7-36,39-40,43-45,63-64,70-72H,37-38,41-42,46H2,1-6H3. The SMILES string of the molecule is CC(=O)OC1C=C(c2ccc(-c3c(C)c(-c4ccc(-c5ccccc5)c(-c5ccccc5)c4)c(-c4ccc(C5CC(OC(C)=O)CCC5OC(C)=O)cc4)c(C)c3-c3ccc(-c4ccccc4)c(-c4ccccc4)c3)cc2)C(OC(C)=O)CC1. The summed E-state index contributed by atoms with van der Waals surface area (Å²) in [5.41, 5.74) is 22.0. The van der Waals surface area contributed by atoms with Gasteiger partial charge in [0.05, 0.1) is 0 Å². The monoisotopic (exact) mass is 1110 g/mol. The largest absolute Gasteiger partial charge is 0.463 e. The fraction of sp³-hybridized carbons (Fsp3) is 0.211. The van der Waals surface area contributed by atoms with Crippen LogP contribution in [-0.4, -0.2) is 48.3 Å². The number of benzene rings is 9. The molecule has 9 aromatic carbocycles. The predicted octanol–water partition coefficient (Wildman–Crippen LogP) is 17.8. The molecule has 11 rings (SSSR count). The van der Waals surface area contributed by atoms with Crippen LogP contribution in [0, 0.1) is 13.8 Å². The molecule has 0 saturated heterocycles. The summed E-state index contributed by atoms with van der Waals surface area (Å²) in [6.07, 6.45) is 3.08. The van der Waals surface area contributed by atoms with Gasteiger partial charge in [0.15, 0.2) is 0 Å². The van der Waals surface area contributed by atoms with Gasteiger partial charge >= 0.3 is 23.9 Å². The van der Waals surface area contributed by atoms with E-state index in [1.165, 1.54) is 27.7 Å². The molecule has 1 saturated carbocycles. The van der Waals surface area contributed by atoms with E-state index in [4.69, 9.17) is 18.9 Å². The van der Waals surface area contributed by atoms with E-state index in [0.717, 1.165) is 117 Å². The lowest BCUT2D eigenvalue weighted by molar-refractivity contribution is -0.157. The fourth-order valence-corrected chi connectivity index (χ4v) is 12.9. The van der Waals surface area contributed by atoms with Crippen molar-refractivity contribution in [3.63, 3.8) is 0 Å². The van der Waals surface area contributed by atoms with Gasteiger partial charge in [0, 0.05) is 33.6 Å². The van der Waals surface area contributed by atoms with E-state index >= 15 is 0 Å². The number of rotatable bonds is 14. The van der Waals surface area contributed by atoms with Crippen LogP contribution < -0.4 is 0 Å². The van der Waals surface area contributed by atoms with Crippen LogP contribution in [0.3, 0.4) is 0 Å². The predicted molar refractivity (Wildman–Crippen MR) is 335 cm³/mol. The number of hydrogen-bond donors (Lipinski definition) is 0. The summed E-state index contributed by atoms with van der Waals surface area (Å²) in [6.45, 7) is 10.2. The first-order chi connectivity index (χ1) is 40.8. The van der Waals surface area contributed by atoms with Crippen molar-refractivity contribution in [3.05, 3.63) is 235 Å². The number of carbonyl (C=O) groups is 4. The molecule has 0 aromatic heterocycles. The van der Waals surface area contributed by atoms with Gasteiger partial charge in [-0.05, 0) is 181 Å². The number of hydrogen-bond acceptors (Lipinski definition) is 8. The highest BCUT2D eigenvalue weighted by atomic mass is 16.6. The third-order valence-corrected chi connectivity index (χ3v) is 16.5. The molecule has 2 aliphatic rings. The molecule has 8 heteroatoms. The highest BCUT2D eigenvalue weighted by Crippen LogP contribution is 2.51. The fourth-order valence-electron chi connectivity index (χ4n) is 12.9. The van der Waals surface area contributed by atoms with Crippen molar-refractivity contribution in [2.75, 3.05) is 0 Å². The Morgan fingerprint density at radius 3 is 1.19 bits per heavy atom. The number of esters is 4. The van der Waals surface area contributed by atoms with Crippen LogP contribution in [0.1, 0.15) is 88.0 Å². The van der Waals surface area contributed by atoms with Crippen LogP contribution >= 0.6 is 0 Å². The van der Waals surface area contributed by atoms with Crippen LogP contribution in [0.5, 0.6) is 0 Å². The molecule has 0 heterocycles. The molecule has 0 radical (unpaired) electrons. The molecule has 8 nitrogen and oxygen atoms in total. The summed E-state index contributed by atoms with van der Waals surface area (Å²) in [4.78, 5) is 49.6. The summed E-state index contributed by atoms with van der Waals surface area (Å²) in [5.74, 6) is -1.59. The van der Waals surface area contributed by atoms with Gasteiger partial charge in [-0.1, -0.05) is 194 Å². The van der Waals surface area contributed by atoms with Crippen LogP contribution in [0.2, 0.25) is 0 Å². The minimum atomic E-state index is -0.504. The zero-order chi connectivity index (χ0) is 58.4. The average Bonchev–Trinajstić information content (AvgIpc) is 3.13. The molecule has 420 valence electrons. The summed E-state index contributed by atoms with van der Waals surface area (Å²) < 4.78 is 23.4. The van der Waals surface area contributed by atoms with E-state index in [1.54, 1.807) is 0 Å². The quantitative estimate of drug-likeness (QED) is 0.0783. The van der Waals surface area contributed by atoms with Gasteiger partial charge in [-0.2, -0.15) is 0 Å². The molecule has 2 aliphatic carbocycles. The number of carbonyl (C=O) groups excluding carboxylic acids is 4. The highest BCUT2D eigenvalue weighted by molar-refractivity contribution is 6.03. The van der Waals surface area contributed by atoms with E-state index < -0.39 is 12.2 Å². The molecule has 0 spiro atoms. The van der Waals surface area contributed by atoms with E-state index in [0.29, 0.717) is 32.1 Å². The van der Waals surface area contributed by atoms with Gasteiger partial charge in [-0.15, -0.1) is 0 Å². The maximum absolute atomic E-state index is 12.6. The Labute approximate surface area is 492 Å². The molecule has 9 aromatic rings. The molecule has 0 amide bonds. The Kier molecular flexibility index (Phi) is 16.8. The van der Waals surface area contributed by atoms with Crippen molar-refractivity contribution in [2.24, 2.45) is 0 Å². The first kappa shape index (κ1) is 56.5. The molecule has 84 heavy (non-hydrogen) atoms. The second-order valence-electron chi connectivity index (χ2n) is 22.2. The van der Waals surface area contributed by atoms with E-state index in [2.05, 4.69) is 202 Å². The second kappa shape index (κ2) is 25.0. The van der Waals surface area contributed by atoms with Gasteiger partial charge in [-0.3, -0.25) is 19.2 Å². The lowest BCUT2D eigenvalue weighted by atomic mass is 9.76. The molecule has 0 N–H and O–H groups in total. The highest BCUT2D eigenvalue weighted by Gasteiger charge is 2.36. The molecule has 0 aliphatic heterocycles. The minimum absolute atomic E-state index is 0.191. The van der Waals surface area contributed by atoms with Crippen LogP contribution in [0.25, 0.3) is 94.6 Å². The van der Waals surface area contributed by atoms with Crippen molar-refractivity contribution in [3.8, 4) is 89.0 Å². The van der Waals surface area contributed by atoms with E-state index in [9.17, 15) is 19.2 Å². The maximum atomic E-state index is 12.6. The van der Waals surface area contributed by atoms with Crippen LogP contribution in [0.4, 0.5) is 0 Å². The first-order valence-corrected chi connectivity index (χ1v) is 29.1. The van der Waals surface area contributed by atoms with Crippen LogP contribution in [0.15, 0.2) is 212 Å². The van der Waals surface area contributed by atoms with Gasteiger partial charge in [0.2, 0.25) is 0 Å². The maximum Gasteiger partial charge on any atom is 0.303 e. The third kappa shape index (κ3) is 12.2. The topological polar surface area (TPSA) is 105 Å². The van der Waals surface area contributed by atoms with E-state index in [-0.39, 0.29) is 42.0 Å². The summed E-state index contributed by atoms with van der Waals surface area (Å²) >= 11 is 0. The minimum Gasteiger partial charge on any atom is -0.463 e. The van der Waals surface area contributed by atoms with Gasteiger partial charge in [-0.25, -0.2) is 0 Å². The van der Waals surface area contributed by atoms with E-state index in [1.807, 2.05) is 24.3 Å². The molecule has 1 fully saturated rings. The first-order valence-electron chi connectivity index (χ1n) is 29.1. The summed E-state index contributed by atoms with van der Waals surface area (Å²) in [7, 11) is 0. The van der Waals surface area contributed by atoms with Crippen molar-refractivity contribution < 1.29 is 38.1 Å². The number of ether oxygens (including phenoxy) is 4. The Bertz CT molecular complexity index is 3910. The average molecular weight is 1110 g/mol. The van der Waals surface area contributed by atoms with Crippen molar-refractivity contribution in [1.29, 1.82) is 0 Å². The Morgan fingerprint density at radius 1 is 0.357 bits per heavy atom. The summed E-state index contributed by atoms with van der Waals surface area (Å²) in [6, 6.07) is 73.1. The Morgan fingerprint density at radius 2 is 0.750 bits per heavy atom. The van der Waals surface area contributed by atoms with Crippen molar-refractivity contribution in [2.45, 2.75) is 104 Å². The molecule has 5 atom stereocenters. The Hall–Kier alpha value is -9.40. The van der Waals surface area contributed by atoms with Gasteiger partial charge in [0.1, 0.15) is 24.4 Å².